The molecule has 0 bridgehead atoms. The lowest BCUT2D eigenvalue weighted by Crippen LogP contribution is -2.41. The SMILES string of the molecule is Cc1n[nH]c(C)c1-c1ccc2c(c1)C(c1cc(N3CCO[C@H](C)C3)ncn1)=NC2. The first-order chi connectivity index (χ1) is 14.1. The minimum absolute atomic E-state index is 0.204. The molecule has 7 nitrogen and oxygen atoms in total. The van der Waals surface area contributed by atoms with Crippen LogP contribution in [0.2, 0.25) is 0 Å². The van der Waals surface area contributed by atoms with E-state index in [0.717, 1.165) is 65.0 Å². The van der Waals surface area contributed by atoms with Crippen molar-refractivity contribution in [3.63, 3.8) is 0 Å². The van der Waals surface area contributed by atoms with Crippen molar-refractivity contribution in [2.45, 2.75) is 33.4 Å². The summed E-state index contributed by atoms with van der Waals surface area (Å²) >= 11 is 0. The molecule has 1 fully saturated rings. The highest BCUT2D eigenvalue weighted by Crippen LogP contribution is 2.31. The van der Waals surface area contributed by atoms with Crippen LogP contribution in [-0.2, 0) is 11.3 Å². The van der Waals surface area contributed by atoms with E-state index in [1.54, 1.807) is 6.33 Å². The van der Waals surface area contributed by atoms with Crippen LogP contribution < -0.4 is 4.90 Å². The van der Waals surface area contributed by atoms with Gasteiger partial charge in [-0.1, -0.05) is 12.1 Å². The number of hydrogen-bond donors (Lipinski definition) is 1. The van der Waals surface area contributed by atoms with Gasteiger partial charge in [-0.15, -0.1) is 0 Å². The predicted octanol–water partition coefficient (Wildman–Crippen LogP) is 3.06. The number of aliphatic imine (C=N–C) groups is 1. The molecule has 2 aliphatic heterocycles. The molecule has 0 amide bonds. The van der Waals surface area contributed by atoms with Gasteiger partial charge in [-0.2, -0.15) is 5.10 Å². The van der Waals surface area contributed by atoms with Gasteiger partial charge in [0.1, 0.15) is 12.1 Å². The Kier molecular flexibility index (Phi) is 4.39. The van der Waals surface area contributed by atoms with E-state index in [0.29, 0.717) is 6.54 Å². The summed E-state index contributed by atoms with van der Waals surface area (Å²) in [6.07, 6.45) is 1.84. The van der Waals surface area contributed by atoms with E-state index in [2.05, 4.69) is 57.1 Å². The quantitative estimate of drug-likeness (QED) is 0.746. The van der Waals surface area contributed by atoms with Crippen LogP contribution >= 0.6 is 0 Å². The minimum atomic E-state index is 0.204. The first-order valence-corrected chi connectivity index (χ1v) is 9.99. The van der Waals surface area contributed by atoms with E-state index in [-0.39, 0.29) is 6.10 Å². The number of anilines is 1. The first kappa shape index (κ1) is 18.0. The van der Waals surface area contributed by atoms with Crippen molar-refractivity contribution in [2.24, 2.45) is 4.99 Å². The highest BCUT2D eigenvalue weighted by Gasteiger charge is 2.23. The molecule has 148 valence electrons. The van der Waals surface area contributed by atoms with Crippen molar-refractivity contribution in [2.75, 3.05) is 24.6 Å². The predicted molar refractivity (Wildman–Crippen MR) is 112 cm³/mol. The van der Waals surface area contributed by atoms with E-state index >= 15 is 0 Å². The second kappa shape index (κ2) is 7.08. The maximum Gasteiger partial charge on any atom is 0.132 e. The zero-order chi connectivity index (χ0) is 20.0. The maximum atomic E-state index is 5.66. The Hall–Kier alpha value is -3.06. The Morgan fingerprint density at radius 2 is 2.07 bits per heavy atom. The van der Waals surface area contributed by atoms with Gasteiger partial charge in [-0.25, -0.2) is 9.97 Å². The largest absolute Gasteiger partial charge is 0.375 e. The number of ether oxygens (including phenoxy) is 1. The summed E-state index contributed by atoms with van der Waals surface area (Å²) < 4.78 is 5.66. The number of nitrogens with one attached hydrogen (secondary N) is 1. The molecule has 29 heavy (non-hydrogen) atoms. The lowest BCUT2D eigenvalue weighted by atomic mass is 9.96. The molecule has 0 unspecified atom stereocenters. The summed E-state index contributed by atoms with van der Waals surface area (Å²) in [6, 6.07) is 8.58. The third-order valence-electron chi connectivity index (χ3n) is 5.65. The average molecular weight is 388 g/mol. The lowest BCUT2D eigenvalue weighted by molar-refractivity contribution is 0.0529. The van der Waals surface area contributed by atoms with Crippen LogP contribution in [0.15, 0.2) is 35.6 Å². The molecule has 2 aromatic heterocycles. The van der Waals surface area contributed by atoms with Gasteiger partial charge >= 0.3 is 0 Å². The Morgan fingerprint density at radius 3 is 2.86 bits per heavy atom. The summed E-state index contributed by atoms with van der Waals surface area (Å²) in [4.78, 5) is 16.1. The normalized spacial score (nSPS) is 18.7. The minimum Gasteiger partial charge on any atom is -0.375 e. The molecule has 1 aromatic carbocycles. The summed E-state index contributed by atoms with van der Waals surface area (Å²) in [7, 11) is 0. The number of aromatic nitrogens is 4. The number of aromatic amines is 1. The molecule has 3 aromatic rings. The molecule has 1 saturated heterocycles. The van der Waals surface area contributed by atoms with E-state index in [4.69, 9.17) is 9.73 Å². The van der Waals surface area contributed by atoms with Gasteiger partial charge in [0.25, 0.3) is 0 Å². The van der Waals surface area contributed by atoms with Crippen LogP contribution in [-0.4, -0.2) is 51.7 Å². The van der Waals surface area contributed by atoms with Gasteiger partial charge in [-0.3, -0.25) is 10.1 Å². The summed E-state index contributed by atoms with van der Waals surface area (Å²) in [5, 5.41) is 7.42. The number of aryl methyl sites for hydroxylation is 2. The number of benzene rings is 1. The Labute approximate surface area is 169 Å². The van der Waals surface area contributed by atoms with E-state index < -0.39 is 0 Å². The fraction of sp³-hybridized carbons (Fsp3) is 0.364. The molecular weight excluding hydrogens is 364 g/mol. The van der Waals surface area contributed by atoms with Crippen LogP contribution in [0.3, 0.4) is 0 Å². The fourth-order valence-electron chi connectivity index (χ4n) is 4.21. The number of nitrogens with zero attached hydrogens (tertiary/aromatic N) is 5. The van der Waals surface area contributed by atoms with Crippen LogP contribution in [0.5, 0.6) is 0 Å². The smallest absolute Gasteiger partial charge is 0.132 e. The fourth-order valence-corrected chi connectivity index (χ4v) is 4.21. The van der Waals surface area contributed by atoms with Crippen LogP contribution in [0.4, 0.5) is 5.82 Å². The van der Waals surface area contributed by atoms with Gasteiger partial charge in [0.2, 0.25) is 0 Å². The van der Waals surface area contributed by atoms with E-state index in [9.17, 15) is 0 Å². The number of hydrogen-bond acceptors (Lipinski definition) is 6. The van der Waals surface area contributed by atoms with Crippen molar-refractivity contribution < 1.29 is 4.74 Å². The van der Waals surface area contributed by atoms with Gasteiger partial charge < -0.3 is 9.64 Å². The number of fused-ring (bicyclic) bond motifs is 1. The first-order valence-electron chi connectivity index (χ1n) is 9.99. The van der Waals surface area contributed by atoms with Crippen molar-refractivity contribution in [3.8, 4) is 11.1 Å². The summed E-state index contributed by atoms with van der Waals surface area (Å²) in [5.41, 5.74) is 8.55. The monoisotopic (exact) mass is 388 g/mol. The number of H-pyrrole nitrogens is 1. The molecule has 4 heterocycles. The zero-order valence-corrected chi connectivity index (χ0v) is 16.9. The summed E-state index contributed by atoms with van der Waals surface area (Å²) in [5.74, 6) is 0.930. The van der Waals surface area contributed by atoms with Gasteiger partial charge in [0.05, 0.1) is 36.4 Å². The molecule has 1 N–H and O–H groups in total. The second-order valence-corrected chi connectivity index (χ2v) is 7.73. The summed E-state index contributed by atoms with van der Waals surface area (Å²) in [6.45, 7) is 9.25. The second-order valence-electron chi connectivity index (χ2n) is 7.73. The lowest BCUT2D eigenvalue weighted by Gasteiger charge is -2.32. The van der Waals surface area contributed by atoms with Crippen molar-refractivity contribution in [1.82, 2.24) is 20.2 Å². The average Bonchev–Trinajstić information content (AvgIpc) is 3.30. The number of rotatable bonds is 3. The van der Waals surface area contributed by atoms with Gasteiger partial charge in [0.15, 0.2) is 0 Å². The van der Waals surface area contributed by atoms with Crippen LogP contribution in [0.25, 0.3) is 11.1 Å². The maximum absolute atomic E-state index is 5.66. The van der Waals surface area contributed by atoms with Gasteiger partial charge in [0, 0.05) is 36.0 Å². The Balaban J connectivity index is 1.51. The highest BCUT2D eigenvalue weighted by molar-refractivity contribution is 6.14. The highest BCUT2D eigenvalue weighted by atomic mass is 16.5. The molecule has 0 spiro atoms. The Bertz CT molecular complexity index is 1080. The molecule has 5 rings (SSSR count). The van der Waals surface area contributed by atoms with E-state index in [1.165, 1.54) is 5.56 Å². The van der Waals surface area contributed by atoms with Crippen LogP contribution in [0.1, 0.15) is 35.1 Å². The van der Waals surface area contributed by atoms with Crippen LogP contribution in [0, 0.1) is 13.8 Å². The number of morpholine rings is 1. The van der Waals surface area contributed by atoms with Crippen molar-refractivity contribution in [1.29, 1.82) is 0 Å². The van der Waals surface area contributed by atoms with Crippen molar-refractivity contribution in [3.05, 3.63) is 58.8 Å². The molecule has 1 atom stereocenters. The van der Waals surface area contributed by atoms with Crippen molar-refractivity contribution >= 4 is 11.5 Å². The zero-order valence-electron chi connectivity index (χ0n) is 16.9. The topological polar surface area (TPSA) is 79.3 Å². The Morgan fingerprint density at radius 1 is 1.17 bits per heavy atom. The van der Waals surface area contributed by atoms with Gasteiger partial charge in [-0.05, 0) is 38.0 Å². The molecule has 0 aliphatic carbocycles. The third-order valence-corrected chi connectivity index (χ3v) is 5.65. The molecule has 2 aliphatic rings. The molecule has 7 heteroatoms. The third kappa shape index (κ3) is 3.21. The van der Waals surface area contributed by atoms with E-state index in [1.807, 2.05) is 13.0 Å². The standard InChI is InChI=1S/C22H24N6O/c1-13-11-28(6-7-29-13)20-9-19(24-12-25-20)22-18-8-16(4-5-17(18)10-23-22)21-14(2)26-27-15(21)3/h4-5,8-9,12-13H,6-7,10-11H2,1-3H3,(H,26,27)/t13-/m1/s1. The molecule has 0 saturated carbocycles. The molecule has 0 radical (unpaired) electrons. The molecular formula is C22H24N6O.